The largest absolute Gasteiger partial charge is 0.481 e. The first-order chi connectivity index (χ1) is 11.7. The fraction of sp³-hybridized carbons (Fsp3) is 0.389. The first-order valence-electron chi connectivity index (χ1n) is 8.11. The van der Waals surface area contributed by atoms with Crippen LogP contribution in [0.15, 0.2) is 30.3 Å². The fourth-order valence-corrected chi connectivity index (χ4v) is 2.42. The normalized spacial score (nSPS) is 11.2. The molecule has 2 aromatic rings. The second-order valence-electron chi connectivity index (χ2n) is 6.78. The SMILES string of the molecule is Cc1ccc(-n2nc(NC(=O)NC(C)(C)CCC(=O)O)cc2C)cc1. The van der Waals surface area contributed by atoms with Crippen molar-refractivity contribution in [3.63, 3.8) is 0 Å². The lowest BCUT2D eigenvalue weighted by Gasteiger charge is -2.25. The van der Waals surface area contributed by atoms with Gasteiger partial charge in [-0.1, -0.05) is 17.7 Å². The Labute approximate surface area is 147 Å². The van der Waals surface area contributed by atoms with Crippen LogP contribution in [-0.2, 0) is 4.79 Å². The van der Waals surface area contributed by atoms with Gasteiger partial charge in [-0.2, -0.15) is 0 Å². The van der Waals surface area contributed by atoms with E-state index in [1.54, 1.807) is 24.6 Å². The minimum Gasteiger partial charge on any atom is -0.481 e. The van der Waals surface area contributed by atoms with E-state index in [2.05, 4.69) is 15.7 Å². The van der Waals surface area contributed by atoms with E-state index in [-0.39, 0.29) is 6.42 Å². The molecule has 25 heavy (non-hydrogen) atoms. The lowest BCUT2D eigenvalue weighted by atomic mass is 9.99. The Kier molecular flexibility index (Phi) is 5.46. The Morgan fingerprint density at radius 3 is 2.44 bits per heavy atom. The predicted octanol–water partition coefficient (Wildman–Crippen LogP) is 3.25. The maximum Gasteiger partial charge on any atom is 0.320 e. The van der Waals surface area contributed by atoms with Gasteiger partial charge in [-0.25, -0.2) is 9.48 Å². The summed E-state index contributed by atoms with van der Waals surface area (Å²) in [5.41, 5.74) is 2.34. The Morgan fingerprint density at radius 1 is 1.20 bits per heavy atom. The molecule has 134 valence electrons. The van der Waals surface area contributed by atoms with Gasteiger partial charge in [0.2, 0.25) is 0 Å². The highest BCUT2D eigenvalue weighted by atomic mass is 16.4. The quantitative estimate of drug-likeness (QED) is 0.749. The molecule has 1 aromatic carbocycles. The van der Waals surface area contributed by atoms with Crippen LogP contribution in [0.4, 0.5) is 10.6 Å². The summed E-state index contributed by atoms with van der Waals surface area (Å²) in [6.45, 7) is 7.49. The van der Waals surface area contributed by atoms with E-state index < -0.39 is 17.5 Å². The van der Waals surface area contributed by atoms with Crippen LogP contribution in [0.1, 0.15) is 37.9 Å². The standard InChI is InChI=1S/C18H24N4O3/c1-12-5-7-14(8-6-12)22-13(2)11-15(21-22)19-17(25)20-18(3,4)10-9-16(23)24/h5-8,11H,9-10H2,1-4H3,(H,23,24)(H2,19,20,21,25). The second-order valence-corrected chi connectivity index (χ2v) is 6.78. The highest BCUT2D eigenvalue weighted by molar-refractivity contribution is 5.88. The number of rotatable bonds is 6. The molecular weight excluding hydrogens is 320 g/mol. The number of benzene rings is 1. The first-order valence-corrected chi connectivity index (χ1v) is 8.11. The molecule has 0 radical (unpaired) electrons. The van der Waals surface area contributed by atoms with Gasteiger partial charge in [0, 0.05) is 23.7 Å². The number of urea groups is 1. The maximum atomic E-state index is 12.2. The molecular formula is C18H24N4O3. The highest BCUT2D eigenvalue weighted by Gasteiger charge is 2.22. The molecule has 1 heterocycles. The van der Waals surface area contributed by atoms with Gasteiger partial charge >= 0.3 is 12.0 Å². The van der Waals surface area contributed by atoms with Crippen LogP contribution in [0.25, 0.3) is 5.69 Å². The second kappa shape index (κ2) is 7.38. The van der Waals surface area contributed by atoms with Crippen LogP contribution in [0.2, 0.25) is 0 Å². The zero-order valence-electron chi connectivity index (χ0n) is 15.0. The number of carbonyl (C=O) groups is 2. The number of anilines is 1. The van der Waals surface area contributed by atoms with E-state index >= 15 is 0 Å². The van der Waals surface area contributed by atoms with Crippen molar-refractivity contribution >= 4 is 17.8 Å². The topological polar surface area (TPSA) is 96.3 Å². The summed E-state index contributed by atoms with van der Waals surface area (Å²) in [5.74, 6) is -0.452. The van der Waals surface area contributed by atoms with E-state index in [0.29, 0.717) is 12.2 Å². The molecule has 3 N–H and O–H groups in total. The number of carbonyl (C=O) groups excluding carboxylic acids is 1. The van der Waals surface area contributed by atoms with Crippen LogP contribution < -0.4 is 10.6 Å². The van der Waals surface area contributed by atoms with Gasteiger partial charge in [0.1, 0.15) is 0 Å². The van der Waals surface area contributed by atoms with Crippen LogP contribution in [-0.4, -0.2) is 32.4 Å². The number of hydrogen-bond acceptors (Lipinski definition) is 3. The Hall–Kier alpha value is -2.83. The molecule has 0 spiro atoms. The van der Waals surface area contributed by atoms with Gasteiger partial charge < -0.3 is 10.4 Å². The molecule has 0 bridgehead atoms. The number of nitrogens with zero attached hydrogens (tertiary/aromatic N) is 2. The molecule has 2 rings (SSSR count). The Morgan fingerprint density at radius 2 is 1.84 bits per heavy atom. The van der Waals surface area contributed by atoms with E-state index in [1.165, 1.54) is 0 Å². The number of carboxylic acids is 1. The molecule has 0 atom stereocenters. The minimum absolute atomic E-state index is 0.00552. The molecule has 1 aromatic heterocycles. The minimum atomic E-state index is -0.886. The fourth-order valence-electron chi connectivity index (χ4n) is 2.42. The number of hydrogen-bond donors (Lipinski definition) is 3. The number of aromatic nitrogens is 2. The average molecular weight is 344 g/mol. The first kappa shape index (κ1) is 18.5. The molecule has 7 nitrogen and oxygen atoms in total. The number of aryl methyl sites for hydroxylation is 2. The lowest BCUT2D eigenvalue weighted by molar-refractivity contribution is -0.137. The van der Waals surface area contributed by atoms with Gasteiger partial charge in [0.05, 0.1) is 5.69 Å². The van der Waals surface area contributed by atoms with Crippen molar-refractivity contribution in [1.29, 1.82) is 0 Å². The summed E-state index contributed by atoms with van der Waals surface area (Å²) in [6.07, 6.45) is 0.334. The van der Waals surface area contributed by atoms with E-state index in [1.807, 2.05) is 38.1 Å². The van der Waals surface area contributed by atoms with Crippen molar-refractivity contribution in [3.05, 3.63) is 41.6 Å². The lowest BCUT2D eigenvalue weighted by Crippen LogP contribution is -2.45. The number of amides is 2. The molecule has 0 fully saturated rings. The van der Waals surface area contributed by atoms with Gasteiger partial charge in [0.15, 0.2) is 5.82 Å². The van der Waals surface area contributed by atoms with E-state index in [0.717, 1.165) is 16.9 Å². The molecule has 2 amide bonds. The van der Waals surface area contributed by atoms with Crippen molar-refractivity contribution in [3.8, 4) is 5.69 Å². The molecule has 0 saturated carbocycles. The summed E-state index contributed by atoms with van der Waals surface area (Å²) >= 11 is 0. The van der Waals surface area contributed by atoms with Crippen LogP contribution >= 0.6 is 0 Å². The summed E-state index contributed by atoms with van der Waals surface area (Å²) in [4.78, 5) is 22.8. The third kappa shape index (κ3) is 5.34. The van der Waals surface area contributed by atoms with Crippen molar-refractivity contribution in [2.75, 3.05) is 5.32 Å². The van der Waals surface area contributed by atoms with Crippen LogP contribution in [0.5, 0.6) is 0 Å². The van der Waals surface area contributed by atoms with Crippen molar-refractivity contribution in [2.24, 2.45) is 0 Å². The summed E-state index contributed by atoms with van der Waals surface area (Å²) in [7, 11) is 0. The van der Waals surface area contributed by atoms with Crippen molar-refractivity contribution in [2.45, 2.75) is 46.1 Å². The predicted molar refractivity (Wildman–Crippen MR) is 96.1 cm³/mol. The molecule has 7 heteroatoms. The van der Waals surface area contributed by atoms with Crippen molar-refractivity contribution < 1.29 is 14.7 Å². The summed E-state index contributed by atoms with van der Waals surface area (Å²) in [6, 6.07) is 9.30. The highest BCUT2D eigenvalue weighted by Crippen LogP contribution is 2.16. The third-order valence-corrected chi connectivity index (χ3v) is 3.82. The Balaban J connectivity index is 2.03. The van der Waals surface area contributed by atoms with Gasteiger partial charge in [-0.05, 0) is 46.2 Å². The van der Waals surface area contributed by atoms with Gasteiger partial charge in [-0.15, -0.1) is 5.10 Å². The molecule has 0 unspecified atom stereocenters. The molecule has 0 saturated heterocycles. The maximum absolute atomic E-state index is 12.2. The van der Waals surface area contributed by atoms with Gasteiger partial charge in [-0.3, -0.25) is 10.1 Å². The monoisotopic (exact) mass is 344 g/mol. The molecule has 0 aliphatic rings. The van der Waals surface area contributed by atoms with Gasteiger partial charge in [0.25, 0.3) is 0 Å². The van der Waals surface area contributed by atoms with E-state index in [9.17, 15) is 9.59 Å². The van der Waals surface area contributed by atoms with Crippen molar-refractivity contribution in [1.82, 2.24) is 15.1 Å². The van der Waals surface area contributed by atoms with Crippen LogP contribution in [0.3, 0.4) is 0 Å². The number of carboxylic acid groups (broad SMARTS) is 1. The average Bonchev–Trinajstić information content (AvgIpc) is 2.86. The van der Waals surface area contributed by atoms with E-state index in [4.69, 9.17) is 5.11 Å². The Bertz CT molecular complexity index is 763. The van der Waals surface area contributed by atoms with Crippen LogP contribution in [0, 0.1) is 13.8 Å². The third-order valence-electron chi connectivity index (χ3n) is 3.82. The zero-order valence-corrected chi connectivity index (χ0v) is 15.0. The summed E-state index contributed by atoms with van der Waals surface area (Å²) in [5, 5.41) is 18.6. The molecule has 0 aliphatic heterocycles. The smallest absolute Gasteiger partial charge is 0.320 e. The number of aliphatic carboxylic acids is 1. The number of nitrogens with one attached hydrogen (secondary N) is 2. The summed E-state index contributed by atoms with van der Waals surface area (Å²) < 4.78 is 1.75. The molecule has 0 aliphatic carbocycles. The zero-order chi connectivity index (χ0) is 18.6.